The molecule has 3 heteroatoms. The maximum atomic E-state index is 5.80. The predicted octanol–water partition coefficient (Wildman–Crippen LogP) is 0.912. The van der Waals surface area contributed by atoms with Crippen LogP contribution in [0.25, 0.3) is 0 Å². The van der Waals surface area contributed by atoms with Crippen LogP contribution in [0.1, 0.15) is 25.2 Å². The van der Waals surface area contributed by atoms with Crippen molar-refractivity contribution >= 4 is 0 Å². The van der Waals surface area contributed by atoms with Crippen molar-refractivity contribution in [2.75, 3.05) is 0 Å². The highest BCUT2D eigenvalue weighted by molar-refractivity contribution is 5.14. The van der Waals surface area contributed by atoms with Gasteiger partial charge in [0.2, 0.25) is 0 Å². The molecule has 0 unspecified atom stereocenters. The van der Waals surface area contributed by atoms with Gasteiger partial charge in [-0.25, -0.2) is 0 Å². The molecular formula is C7H13N3. The van der Waals surface area contributed by atoms with Crippen molar-refractivity contribution < 1.29 is 0 Å². The second kappa shape index (κ2) is 2.09. The van der Waals surface area contributed by atoms with E-state index in [1.54, 1.807) is 0 Å². The molecule has 0 amide bonds. The standard InChI is InChI=1S/C7H13N3/c1-5-4-6(10-9-5)7(2,3)8/h4H,8H2,1-3H3,(H,9,10). The molecule has 0 aliphatic heterocycles. The molecular weight excluding hydrogens is 126 g/mol. The van der Waals surface area contributed by atoms with Crippen LogP contribution in [0.4, 0.5) is 0 Å². The first-order valence-corrected chi connectivity index (χ1v) is 3.31. The number of nitrogens with zero attached hydrogens (tertiary/aromatic N) is 1. The summed E-state index contributed by atoms with van der Waals surface area (Å²) in [5.41, 5.74) is 7.45. The molecule has 0 aromatic carbocycles. The zero-order valence-corrected chi connectivity index (χ0v) is 6.60. The smallest absolute Gasteiger partial charge is 0.0594 e. The zero-order valence-electron chi connectivity index (χ0n) is 6.60. The van der Waals surface area contributed by atoms with E-state index in [2.05, 4.69) is 10.2 Å². The van der Waals surface area contributed by atoms with Crippen molar-refractivity contribution in [1.29, 1.82) is 0 Å². The number of nitrogens with one attached hydrogen (secondary N) is 1. The Labute approximate surface area is 60.6 Å². The maximum absolute atomic E-state index is 5.80. The summed E-state index contributed by atoms with van der Waals surface area (Å²) >= 11 is 0. The van der Waals surface area contributed by atoms with Gasteiger partial charge in [0.25, 0.3) is 0 Å². The summed E-state index contributed by atoms with van der Waals surface area (Å²) < 4.78 is 0. The van der Waals surface area contributed by atoms with Gasteiger partial charge in [-0.2, -0.15) is 5.10 Å². The van der Waals surface area contributed by atoms with Crippen LogP contribution in [0.15, 0.2) is 6.07 Å². The lowest BCUT2D eigenvalue weighted by molar-refractivity contribution is 0.533. The van der Waals surface area contributed by atoms with Crippen molar-refractivity contribution in [3.63, 3.8) is 0 Å². The van der Waals surface area contributed by atoms with E-state index in [1.807, 2.05) is 26.8 Å². The molecule has 0 spiro atoms. The summed E-state index contributed by atoms with van der Waals surface area (Å²) in [5.74, 6) is 0. The van der Waals surface area contributed by atoms with Crippen molar-refractivity contribution in [1.82, 2.24) is 10.2 Å². The Morgan fingerprint density at radius 3 is 2.40 bits per heavy atom. The van der Waals surface area contributed by atoms with E-state index in [0.29, 0.717) is 0 Å². The van der Waals surface area contributed by atoms with Crippen molar-refractivity contribution in [2.45, 2.75) is 26.3 Å². The molecule has 1 aromatic heterocycles. The average molecular weight is 139 g/mol. The summed E-state index contributed by atoms with van der Waals surface area (Å²) in [6, 6.07) is 1.96. The molecule has 10 heavy (non-hydrogen) atoms. The Balaban J connectivity index is 2.96. The largest absolute Gasteiger partial charge is 0.321 e. The van der Waals surface area contributed by atoms with Crippen LogP contribution in [0.2, 0.25) is 0 Å². The average Bonchev–Trinajstić information content (AvgIpc) is 2.11. The molecule has 0 saturated carbocycles. The van der Waals surface area contributed by atoms with E-state index in [4.69, 9.17) is 5.73 Å². The molecule has 0 bridgehead atoms. The second-order valence-corrected chi connectivity index (χ2v) is 3.14. The van der Waals surface area contributed by atoms with Crippen LogP contribution in [0.5, 0.6) is 0 Å². The van der Waals surface area contributed by atoms with Crippen LogP contribution in [-0.2, 0) is 5.54 Å². The molecule has 0 aliphatic rings. The molecule has 0 saturated heterocycles. The van der Waals surface area contributed by atoms with Gasteiger partial charge in [-0.1, -0.05) is 0 Å². The fraction of sp³-hybridized carbons (Fsp3) is 0.571. The van der Waals surface area contributed by atoms with Gasteiger partial charge in [0, 0.05) is 0 Å². The zero-order chi connectivity index (χ0) is 7.78. The molecule has 1 aromatic rings. The molecule has 0 fully saturated rings. The maximum Gasteiger partial charge on any atom is 0.0594 e. The number of hydrogen-bond donors (Lipinski definition) is 2. The summed E-state index contributed by atoms with van der Waals surface area (Å²) in [6.07, 6.45) is 0. The predicted molar refractivity (Wildman–Crippen MR) is 40.5 cm³/mol. The SMILES string of the molecule is Cc1cc(C(C)(C)N)[nH]n1. The van der Waals surface area contributed by atoms with Gasteiger partial charge in [0.1, 0.15) is 0 Å². The minimum absolute atomic E-state index is 0.304. The highest BCUT2D eigenvalue weighted by Gasteiger charge is 2.15. The third kappa shape index (κ3) is 1.36. The third-order valence-corrected chi connectivity index (χ3v) is 1.40. The van der Waals surface area contributed by atoms with Gasteiger partial charge < -0.3 is 5.73 Å². The number of nitrogens with two attached hydrogens (primary N) is 1. The van der Waals surface area contributed by atoms with Gasteiger partial charge >= 0.3 is 0 Å². The van der Waals surface area contributed by atoms with Crippen LogP contribution in [0, 0.1) is 6.92 Å². The van der Waals surface area contributed by atoms with Crippen LogP contribution < -0.4 is 5.73 Å². The first-order valence-electron chi connectivity index (χ1n) is 3.31. The molecule has 0 aliphatic carbocycles. The lowest BCUT2D eigenvalue weighted by Gasteiger charge is -2.14. The number of aromatic amines is 1. The summed E-state index contributed by atoms with van der Waals surface area (Å²) in [5, 5.41) is 6.85. The number of hydrogen-bond acceptors (Lipinski definition) is 2. The van der Waals surface area contributed by atoms with Crippen LogP contribution in [-0.4, -0.2) is 10.2 Å². The molecule has 3 N–H and O–H groups in total. The molecule has 1 rings (SSSR count). The number of rotatable bonds is 1. The monoisotopic (exact) mass is 139 g/mol. The highest BCUT2D eigenvalue weighted by atomic mass is 15.1. The molecule has 56 valence electrons. The van der Waals surface area contributed by atoms with E-state index in [9.17, 15) is 0 Å². The van der Waals surface area contributed by atoms with Crippen molar-refractivity contribution in [2.24, 2.45) is 5.73 Å². The van der Waals surface area contributed by atoms with Gasteiger partial charge in [0.05, 0.1) is 16.9 Å². The number of aromatic nitrogens is 2. The fourth-order valence-electron chi connectivity index (χ4n) is 0.752. The molecule has 0 radical (unpaired) electrons. The Kier molecular flexibility index (Phi) is 1.52. The van der Waals surface area contributed by atoms with E-state index >= 15 is 0 Å². The fourth-order valence-corrected chi connectivity index (χ4v) is 0.752. The summed E-state index contributed by atoms with van der Waals surface area (Å²) in [4.78, 5) is 0. The number of aryl methyl sites for hydroxylation is 1. The first-order chi connectivity index (χ1) is 4.50. The van der Waals surface area contributed by atoms with E-state index in [0.717, 1.165) is 11.4 Å². The summed E-state index contributed by atoms with van der Waals surface area (Å²) in [7, 11) is 0. The van der Waals surface area contributed by atoms with Crippen molar-refractivity contribution in [3.8, 4) is 0 Å². The minimum atomic E-state index is -0.304. The van der Waals surface area contributed by atoms with E-state index in [-0.39, 0.29) is 5.54 Å². The Morgan fingerprint density at radius 2 is 2.20 bits per heavy atom. The van der Waals surface area contributed by atoms with Gasteiger partial charge in [-0.05, 0) is 26.8 Å². The Morgan fingerprint density at radius 1 is 1.60 bits per heavy atom. The normalized spacial score (nSPS) is 12.0. The highest BCUT2D eigenvalue weighted by Crippen LogP contribution is 2.13. The van der Waals surface area contributed by atoms with E-state index in [1.165, 1.54) is 0 Å². The molecule has 1 heterocycles. The quantitative estimate of drug-likeness (QED) is 0.607. The lowest BCUT2D eigenvalue weighted by atomic mass is 10.0. The first kappa shape index (κ1) is 7.28. The van der Waals surface area contributed by atoms with E-state index < -0.39 is 0 Å². The van der Waals surface area contributed by atoms with Gasteiger partial charge in [-0.15, -0.1) is 0 Å². The number of H-pyrrole nitrogens is 1. The van der Waals surface area contributed by atoms with Crippen molar-refractivity contribution in [3.05, 3.63) is 17.5 Å². The Hall–Kier alpha value is -0.830. The Bertz CT molecular complexity index is 219. The minimum Gasteiger partial charge on any atom is -0.321 e. The molecule has 0 atom stereocenters. The molecule has 3 nitrogen and oxygen atoms in total. The van der Waals surface area contributed by atoms with Crippen LogP contribution in [0.3, 0.4) is 0 Å². The van der Waals surface area contributed by atoms with Gasteiger partial charge in [0.15, 0.2) is 0 Å². The van der Waals surface area contributed by atoms with Gasteiger partial charge in [-0.3, -0.25) is 5.10 Å². The third-order valence-electron chi connectivity index (χ3n) is 1.40. The van der Waals surface area contributed by atoms with Crippen LogP contribution >= 0.6 is 0 Å². The summed E-state index contributed by atoms with van der Waals surface area (Å²) in [6.45, 7) is 5.83. The lowest BCUT2D eigenvalue weighted by Crippen LogP contribution is -2.29. The topological polar surface area (TPSA) is 54.7 Å². The second-order valence-electron chi connectivity index (χ2n) is 3.14.